The first-order valence-electron chi connectivity index (χ1n) is 5.80. The molecule has 1 N–H and O–H groups in total. The van der Waals surface area contributed by atoms with Gasteiger partial charge in [-0.05, 0) is 26.7 Å². The summed E-state index contributed by atoms with van der Waals surface area (Å²) >= 11 is 0. The monoisotopic (exact) mass is 258 g/mol. The molecule has 2 heterocycles. The average molecular weight is 258 g/mol. The molecule has 0 bridgehead atoms. The summed E-state index contributed by atoms with van der Waals surface area (Å²) in [5, 5.41) is 3.06. The van der Waals surface area contributed by atoms with E-state index in [9.17, 15) is 13.2 Å². The third kappa shape index (κ3) is 1.94. The maximum absolute atomic E-state index is 12.1. The average Bonchev–Trinajstić information content (AvgIpc) is 2.68. The van der Waals surface area contributed by atoms with Crippen LogP contribution >= 0.6 is 0 Å². The Morgan fingerprint density at radius 1 is 1.47 bits per heavy atom. The number of aryl methyl sites for hydroxylation is 1. The molecule has 96 valence electrons. The van der Waals surface area contributed by atoms with Gasteiger partial charge in [0, 0.05) is 11.3 Å². The van der Waals surface area contributed by atoms with Crippen molar-refractivity contribution in [2.45, 2.75) is 39.2 Å². The lowest BCUT2D eigenvalue weighted by molar-refractivity contribution is 0.317. The summed E-state index contributed by atoms with van der Waals surface area (Å²) in [6, 6.07) is 0. The summed E-state index contributed by atoms with van der Waals surface area (Å²) in [6.45, 7) is 5.58. The lowest BCUT2D eigenvalue weighted by Crippen LogP contribution is -2.39. The van der Waals surface area contributed by atoms with E-state index in [-0.39, 0.29) is 17.1 Å². The molecule has 2 rings (SSSR count). The van der Waals surface area contributed by atoms with Gasteiger partial charge in [-0.25, -0.2) is 13.1 Å². The van der Waals surface area contributed by atoms with E-state index in [0.717, 1.165) is 12.1 Å². The number of aromatic amines is 1. The predicted octanol–water partition coefficient (Wildman–Crippen LogP) is 0.581. The predicted molar refractivity (Wildman–Crippen MR) is 66.1 cm³/mol. The standard InChI is InChI=1S/C11H18N2O3S/c1-4-9-8(2)10(14)13(12-9)11(3)5-6-17(15,16)7-11/h12H,4-7H2,1-3H3. The molecule has 1 atom stereocenters. The zero-order valence-corrected chi connectivity index (χ0v) is 11.2. The van der Waals surface area contributed by atoms with Crippen LogP contribution in [0.3, 0.4) is 0 Å². The highest BCUT2D eigenvalue weighted by molar-refractivity contribution is 7.91. The summed E-state index contributed by atoms with van der Waals surface area (Å²) in [4.78, 5) is 12.1. The fourth-order valence-corrected chi connectivity index (χ4v) is 4.58. The molecule has 0 aromatic carbocycles. The lowest BCUT2D eigenvalue weighted by Gasteiger charge is -2.22. The number of H-pyrrole nitrogens is 1. The number of rotatable bonds is 2. The SMILES string of the molecule is CCc1[nH]n(C2(C)CCS(=O)(=O)C2)c(=O)c1C. The Morgan fingerprint density at radius 3 is 2.53 bits per heavy atom. The summed E-state index contributed by atoms with van der Waals surface area (Å²) in [5.74, 6) is 0.207. The van der Waals surface area contributed by atoms with Crippen LogP contribution in [0.25, 0.3) is 0 Å². The Kier molecular flexibility index (Phi) is 2.72. The van der Waals surface area contributed by atoms with E-state index in [2.05, 4.69) is 5.10 Å². The molecule has 0 radical (unpaired) electrons. The van der Waals surface area contributed by atoms with E-state index in [1.807, 2.05) is 13.8 Å². The third-order valence-electron chi connectivity index (χ3n) is 3.60. The van der Waals surface area contributed by atoms with Gasteiger partial charge in [0.05, 0.1) is 17.0 Å². The van der Waals surface area contributed by atoms with Gasteiger partial charge in [0.1, 0.15) is 0 Å². The molecule has 6 heteroatoms. The number of nitrogens with one attached hydrogen (secondary N) is 1. The second-order valence-electron chi connectivity index (χ2n) is 5.05. The first-order chi connectivity index (χ1) is 7.79. The minimum Gasteiger partial charge on any atom is -0.299 e. The van der Waals surface area contributed by atoms with Crippen molar-refractivity contribution >= 4 is 9.84 Å². The fourth-order valence-electron chi connectivity index (χ4n) is 2.46. The van der Waals surface area contributed by atoms with Crippen molar-refractivity contribution in [3.8, 4) is 0 Å². The van der Waals surface area contributed by atoms with Crippen molar-refractivity contribution < 1.29 is 8.42 Å². The molecular formula is C11H18N2O3S. The Balaban J connectivity index is 2.52. The van der Waals surface area contributed by atoms with Crippen LogP contribution in [0.1, 0.15) is 31.5 Å². The number of nitrogens with zero attached hydrogens (tertiary/aromatic N) is 1. The molecule has 1 aliphatic rings. The molecule has 5 nitrogen and oxygen atoms in total. The van der Waals surface area contributed by atoms with Crippen LogP contribution in [-0.4, -0.2) is 29.7 Å². The normalized spacial score (nSPS) is 27.5. The van der Waals surface area contributed by atoms with Crippen LogP contribution in [0.2, 0.25) is 0 Å². The van der Waals surface area contributed by atoms with E-state index in [0.29, 0.717) is 12.0 Å². The van der Waals surface area contributed by atoms with Gasteiger partial charge >= 0.3 is 0 Å². The summed E-state index contributed by atoms with van der Waals surface area (Å²) in [7, 11) is -3.01. The summed E-state index contributed by atoms with van der Waals surface area (Å²) in [6.07, 6.45) is 1.25. The van der Waals surface area contributed by atoms with Gasteiger partial charge in [-0.2, -0.15) is 0 Å². The van der Waals surface area contributed by atoms with Gasteiger partial charge in [0.25, 0.3) is 5.56 Å². The van der Waals surface area contributed by atoms with E-state index in [1.165, 1.54) is 4.68 Å². The van der Waals surface area contributed by atoms with Crippen molar-refractivity contribution in [3.05, 3.63) is 21.6 Å². The topological polar surface area (TPSA) is 71.9 Å². The molecule has 0 aliphatic carbocycles. The number of sulfone groups is 1. The number of aromatic nitrogens is 2. The molecule has 0 amide bonds. The molecule has 0 spiro atoms. The van der Waals surface area contributed by atoms with Crippen molar-refractivity contribution in [2.75, 3.05) is 11.5 Å². The zero-order valence-electron chi connectivity index (χ0n) is 10.4. The second kappa shape index (κ2) is 3.73. The molecule has 17 heavy (non-hydrogen) atoms. The molecule has 1 aromatic rings. The minimum absolute atomic E-state index is 0.0447. The van der Waals surface area contributed by atoms with Gasteiger partial charge in [-0.15, -0.1) is 0 Å². The number of hydrogen-bond acceptors (Lipinski definition) is 3. The van der Waals surface area contributed by atoms with Crippen LogP contribution in [-0.2, 0) is 21.8 Å². The minimum atomic E-state index is -3.01. The van der Waals surface area contributed by atoms with Crippen LogP contribution in [0.5, 0.6) is 0 Å². The molecule has 0 saturated carbocycles. The lowest BCUT2D eigenvalue weighted by atomic mass is 10.0. The zero-order chi connectivity index (χ0) is 12.8. The molecule has 1 aliphatic heterocycles. The first-order valence-corrected chi connectivity index (χ1v) is 7.62. The quantitative estimate of drug-likeness (QED) is 0.843. The molecule has 1 saturated heterocycles. The van der Waals surface area contributed by atoms with Crippen LogP contribution in [0.15, 0.2) is 4.79 Å². The van der Waals surface area contributed by atoms with E-state index < -0.39 is 15.4 Å². The van der Waals surface area contributed by atoms with Crippen LogP contribution in [0, 0.1) is 6.92 Å². The Morgan fingerprint density at radius 2 is 2.12 bits per heavy atom. The largest absolute Gasteiger partial charge is 0.299 e. The van der Waals surface area contributed by atoms with Gasteiger partial charge < -0.3 is 0 Å². The van der Waals surface area contributed by atoms with E-state index in [4.69, 9.17) is 0 Å². The highest BCUT2D eigenvalue weighted by Gasteiger charge is 2.41. The van der Waals surface area contributed by atoms with Crippen molar-refractivity contribution in [1.82, 2.24) is 9.78 Å². The maximum Gasteiger partial charge on any atom is 0.270 e. The summed E-state index contributed by atoms with van der Waals surface area (Å²) < 4.78 is 24.6. The van der Waals surface area contributed by atoms with Crippen LogP contribution < -0.4 is 5.56 Å². The fraction of sp³-hybridized carbons (Fsp3) is 0.727. The van der Waals surface area contributed by atoms with Crippen molar-refractivity contribution in [1.29, 1.82) is 0 Å². The molecule has 1 fully saturated rings. The highest BCUT2D eigenvalue weighted by atomic mass is 32.2. The first kappa shape index (κ1) is 12.4. The van der Waals surface area contributed by atoms with Gasteiger partial charge in [0.2, 0.25) is 0 Å². The third-order valence-corrected chi connectivity index (χ3v) is 5.49. The van der Waals surface area contributed by atoms with Crippen molar-refractivity contribution in [3.63, 3.8) is 0 Å². The molecule has 1 unspecified atom stereocenters. The summed E-state index contributed by atoms with van der Waals surface area (Å²) in [5.41, 5.74) is 0.869. The Hall–Kier alpha value is -1.04. The maximum atomic E-state index is 12.1. The highest BCUT2D eigenvalue weighted by Crippen LogP contribution is 2.29. The second-order valence-corrected chi connectivity index (χ2v) is 7.23. The van der Waals surface area contributed by atoms with Gasteiger partial charge in [0.15, 0.2) is 9.84 Å². The van der Waals surface area contributed by atoms with E-state index >= 15 is 0 Å². The van der Waals surface area contributed by atoms with Gasteiger partial charge in [-0.1, -0.05) is 6.92 Å². The Labute approximate surface area is 101 Å². The Bertz CT molecular complexity index is 597. The number of hydrogen-bond donors (Lipinski definition) is 1. The van der Waals surface area contributed by atoms with Crippen molar-refractivity contribution in [2.24, 2.45) is 0 Å². The van der Waals surface area contributed by atoms with Crippen LogP contribution in [0.4, 0.5) is 0 Å². The van der Waals surface area contributed by atoms with E-state index in [1.54, 1.807) is 6.92 Å². The molecule has 1 aromatic heterocycles. The van der Waals surface area contributed by atoms with Gasteiger partial charge in [-0.3, -0.25) is 9.89 Å². The smallest absolute Gasteiger partial charge is 0.270 e. The molecular weight excluding hydrogens is 240 g/mol.